The second-order valence-electron chi connectivity index (χ2n) is 9.36. The summed E-state index contributed by atoms with van der Waals surface area (Å²) >= 11 is 6.09. The number of aromatic nitrogens is 2. The van der Waals surface area contributed by atoms with Crippen molar-refractivity contribution in [2.45, 2.75) is 46.5 Å². The maximum atomic E-state index is 12.9. The molecule has 7 heteroatoms. The minimum Gasteiger partial charge on any atom is -0.353 e. The van der Waals surface area contributed by atoms with E-state index >= 15 is 0 Å². The highest BCUT2D eigenvalue weighted by Gasteiger charge is 2.25. The van der Waals surface area contributed by atoms with E-state index in [0.717, 1.165) is 59.5 Å². The van der Waals surface area contributed by atoms with Gasteiger partial charge in [-0.25, -0.2) is 14.8 Å². The standard InChI is InChI=1S/C28H34ClN5O/c1-5-26-25(18-21-6-10-23(29)11-7-21)27(31-20(4)30-26)33-14-16-34(17-15-33)28(35)32-24-12-8-22(9-13-24)19(2)3/h6-13,19H,5,14-18H2,1-4H3,(H,32,35). The topological polar surface area (TPSA) is 61.4 Å². The molecule has 1 fully saturated rings. The Morgan fingerprint density at radius 2 is 1.66 bits per heavy atom. The molecule has 0 atom stereocenters. The number of benzene rings is 2. The lowest BCUT2D eigenvalue weighted by Crippen LogP contribution is -2.50. The summed E-state index contributed by atoms with van der Waals surface area (Å²) in [7, 11) is 0. The molecular formula is C28H34ClN5O. The molecule has 2 aromatic carbocycles. The number of rotatable bonds is 6. The molecule has 0 radical (unpaired) electrons. The number of anilines is 2. The average molecular weight is 492 g/mol. The summed E-state index contributed by atoms with van der Waals surface area (Å²) in [6.45, 7) is 11.1. The van der Waals surface area contributed by atoms with Crippen LogP contribution in [0.2, 0.25) is 5.02 Å². The van der Waals surface area contributed by atoms with Crippen molar-refractivity contribution in [2.75, 3.05) is 36.4 Å². The lowest BCUT2D eigenvalue weighted by atomic mass is 10.0. The van der Waals surface area contributed by atoms with Crippen molar-refractivity contribution in [2.24, 2.45) is 0 Å². The molecule has 35 heavy (non-hydrogen) atoms. The van der Waals surface area contributed by atoms with Crippen LogP contribution >= 0.6 is 11.6 Å². The number of urea groups is 1. The number of amides is 2. The zero-order valence-corrected chi connectivity index (χ0v) is 21.8. The van der Waals surface area contributed by atoms with Crippen LogP contribution in [0.5, 0.6) is 0 Å². The molecule has 0 saturated carbocycles. The number of piperazine rings is 1. The molecule has 1 N–H and O–H groups in total. The fourth-order valence-corrected chi connectivity index (χ4v) is 4.58. The third kappa shape index (κ3) is 6.12. The van der Waals surface area contributed by atoms with E-state index in [0.29, 0.717) is 19.0 Å². The van der Waals surface area contributed by atoms with Crippen molar-refractivity contribution in [3.8, 4) is 0 Å². The van der Waals surface area contributed by atoms with E-state index in [-0.39, 0.29) is 6.03 Å². The van der Waals surface area contributed by atoms with E-state index < -0.39 is 0 Å². The Bertz CT molecular complexity index is 1150. The zero-order valence-electron chi connectivity index (χ0n) is 21.0. The molecule has 0 unspecified atom stereocenters. The molecule has 1 aliphatic rings. The van der Waals surface area contributed by atoms with Crippen molar-refractivity contribution in [1.29, 1.82) is 0 Å². The molecule has 1 aliphatic heterocycles. The minimum absolute atomic E-state index is 0.0588. The molecule has 0 bridgehead atoms. The summed E-state index contributed by atoms with van der Waals surface area (Å²) < 4.78 is 0. The fraction of sp³-hybridized carbons (Fsp3) is 0.393. The highest BCUT2D eigenvalue weighted by molar-refractivity contribution is 6.30. The maximum absolute atomic E-state index is 12.9. The molecule has 1 saturated heterocycles. The number of hydrogen-bond acceptors (Lipinski definition) is 4. The number of aryl methyl sites for hydroxylation is 2. The highest BCUT2D eigenvalue weighted by Crippen LogP contribution is 2.27. The Hall–Kier alpha value is -3.12. The number of nitrogens with one attached hydrogen (secondary N) is 1. The second kappa shape index (κ2) is 11.1. The molecule has 184 valence electrons. The summed E-state index contributed by atoms with van der Waals surface area (Å²) in [5, 5.41) is 3.77. The third-order valence-electron chi connectivity index (χ3n) is 6.51. The Kier molecular flexibility index (Phi) is 7.91. The van der Waals surface area contributed by atoms with Crippen LogP contribution in [0.4, 0.5) is 16.3 Å². The quantitative estimate of drug-likeness (QED) is 0.454. The van der Waals surface area contributed by atoms with E-state index in [9.17, 15) is 4.79 Å². The Morgan fingerprint density at radius 3 is 2.26 bits per heavy atom. The van der Waals surface area contributed by atoms with E-state index in [1.165, 1.54) is 11.1 Å². The SMILES string of the molecule is CCc1nc(C)nc(N2CCN(C(=O)Nc3ccc(C(C)C)cc3)CC2)c1Cc1ccc(Cl)cc1. The lowest BCUT2D eigenvalue weighted by Gasteiger charge is -2.36. The molecule has 0 aliphatic carbocycles. The van der Waals surface area contributed by atoms with Crippen molar-refractivity contribution in [3.63, 3.8) is 0 Å². The van der Waals surface area contributed by atoms with Gasteiger partial charge in [0, 0.05) is 54.6 Å². The van der Waals surface area contributed by atoms with Crippen LogP contribution in [0.25, 0.3) is 0 Å². The first kappa shape index (κ1) is 25.0. The van der Waals surface area contributed by atoms with Crippen molar-refractivity contribution < 1.29 is 4.79 Å². The maximum Gasteiger partial charge on any atom is 0.321 e. The molecule has 2 amide bonds. The van der Waals surface area contributed by atoms with E-state index in [1.54, 1.807) is 0 Å². The Morgan fingerprint density at radius 1 is 1.00 bits per heavy atom. The van der Waals surface area contributed by atoms with Gasteiger partial charge in [0.05, 0.1) is 0 Å². The van der Waals surface area contributed by atoms with Gasteiger partial charge in [-0.15, -0.1) is 0 Å². The van der Waals surface area contributed by atoms with Gasteiger partial charge in [-0.05, 0) is 54.7 Å². The molecule has 4 rings (SSSR count). The summed E-state index contributed by atoms with van der Waals surface area (Å²) in [6.07, 6.45) is 1.60. The van der Waals surface area contributed by atoms with Gasteiger partial charge < -0.3 is 15.1 Å². The first-order valence-corrected chi connectivity index (χ1v) is 12.7. The van der Waals surface area contributed by atoms with Gasteiger partial charge in [0.2, 0.25) is 0 Å². The first-order chi connectivity index (χ1) is 16.8. The average Bonchev–Trinajstić information content (AvgIpc) is 2.86. The number of carbonyl (C=O) groups is 1. The summed E-state index contributed by atoms with van der Waals surface area (Å²) in [6, 6.07) is 16.0. The summed E-state index contributed by atoms with van der Waals surface area (Å²) in [5.41, 5.74) is 5.50. The third-order valence-corrected chi connectivity index (χ3v) is 6.76. The Balaban J connectivity index is 1.45. The highest BCUT2D eigenvalue weighted by atomic mass is 35.5. The van der Waals surface area contributed by atoms with Crippen molar-refractivity contribution in [1.82, 2.24) is 14.9 Å². The number of nitrogens with zero attached hydrogens (tertiary/aromatic N) is 4. The Labute approximate surface area is 213 Å². The summed E-state index contributed by atoms with van der Waals surface area (Å²) in [4.78, 5) is 26.6. The van der Waals surface area contributed by atoms with Crippen LogP contribution < -0.4 is 10.2 Å². The van der Waals surface area contributed by atoms with Crippen LogP contribution in [0.15, 0.2) is 48.5 Å². The van der Waals surface area contributed by atoms with Crippen LogP contribution in [0.1, 0.15) is 54.9 Å². The zero-order chi connectivity index (χ0) is 24.9. The monoisotopic (exact) mass is 491 g/mol. The summed E-state index contributed by atoms with van der Waals surface area (Å²) in [5.74, 6) is 2.23. The molecule has 6 nitrogen and oxygen atoms in total. The minimum atomic E-state index is -0.0588. The normalized spacial score (nSPS) is 13.9. The van der Waals surface area contributed by atoms with Gasteiger partial charge in [-0.2, -0.15) is 0 Å². The smallest absolute Gasteiger partial charge is 0.321 e. The fourth-order valence-electron chi connectivity index (χ4n) is 4.45. The molecule has 3 aromatic rings. The number of halogens is 1. The van der Waals surface area contributed by atoms with Crippen molar-refractivity contribution >= 4 is 29.1 Å². The number of carbonyl (C=O) groups excluding carboxylic acids is 1. The van der Waals surface area contributed by atoms with Gasteiger partial charge in [0.25, 0.3) is 0 Å². The van der Waals surface area contributed by atoms with Crippen LogP contribution in [-0.2, 0) is 12.8 Å². The van der Waals surface area contributed by atoms with Crippen LogP contribution in [0, 0.1) is 6.92 Å². The van der Waals surface area contributed by atoms with Crippen molar-refractivity contribution in [3.05, 3.63) is 81.8 Å². The molecule has 2 heterocycles. The van der Waals surface area contributed by atoms with Gasteiger partial charge in [-0.1, -0.05) is 56.6 Å². The lowest BCUT2D eigenvalue weighted by molar-refractivity contribution is 0.208. The predicted molar refractivity (Wildman–Crippen MR) is 144 cm³/mol. The molecule has 0 spiro atoms. The predicted octanol–water partition coefficient (Wildman–Crippen LogP) is 6.07. The largest absolute Gasteiger partial charge is 0.353 e. The van der Waals surface area contributed by atoms with Gasteiger partial charge >= 0.3 is 6.03 Å². The second-order valence-corrected chi connectivity index (χ2v) is 9.79. The number of hydrogen-bond donors (Lipinski definition) is 1. The van der Waals surface area contributed by atoms with Crippen LogP contribution in [0.3, 0.4) is 0 Å². The van der Waals surface area contributed by atoms with E-state index in [1.807, 2.05) is 36.1 Å². The van der Waals surface area contributed by atoms with E-state index in [2.05, 4.69) is 55.3 Å². The molecule has 1 aromatic heterocycles. The van der Waals surface area contributed by atoms with E-state index in [4.69, 9.17) is 21.6 Å². The molecular weight excluding hydrogens is 458 g/mol. The first-order valence-electron chi connectivity index (χ1n) is 12.4. The van der Waals surface area contributed by atoms with Gasteiger partial charge in [0.1, 0.15) is 11.6 Å². The van der Waals surface area contributed by atoms with Gasteiger partial charge in [0.15, 0.2) is 0 Å². The van der Waals surface area contributed by atoms with Gasteiger partial charge in [-0.3, -0.25) is 0 Å². The van der Waals surface area contributed by atoms with Crippen LogP contribution in [-0.4, -0.2) is 47.1 Å².